The first-order valence-electron chi connectivity index (χ1n) is 7.69. The molecular formula is C16H26N4OS. The summed E-state index contributed by atoms with van der Waals surface area (Å²) >= 11 is 1.70. The van der Waals surface area contributed by atoms with E-state index in [0.29, 0.717) is 6.42 Å². The van der Waals surface area contributed by atoms with Crippen LogP contribution in [-0.2, 0) is 4.79 Å². The lowest BCUT2D eigenvalue weighted by Gasteiger charge is -2.34. The molecular weight excluding hydrogens is 296 g/mol. The molecule has 22 heavy (non-hydrogen) atoms. The second-order valence-corrected chi connectivity index (χ2v) is 6.70. The largest absolute Gasteiger partial charge is 0.369 e. The molecule has 122 valence electrons. The van der Waals surface area contributed by atoms with Crippen molar-refractivity contribution in [3.63, 3.8) is 0 Å². The Morgan fingerprint density at radius 2 is 1.91 bits per heavy atom. The number of hydrogen-bond acceptors (Lipinski definition) is 5. The molecule has 1 saturated heterocycles. The minimum Gasteiger partial charge on any atom is -0.369 e. The molecule has 1 fully saturated rings. The van der Waals surface area contributed by atoms with Crippen molar-refractivity contribution >= 4 is 29.0 Å². The van der Waals surface area contributed by atoms with Crippen LogP contribution in [0.25, 0.3) is 0 Å². The summed E-state index contributed by atoms with van der Waals surface area (Å²) in [6, 6.07) is 7.59. The second kappa shape index (κ2) is 8.41. The highest BCUT2D eigenvalue weighted by Gasteiger charge is 2.15. The highest BCUT2D eigenvalue weighted by atomic mass is 32.2. The quantitative estimate of drug-likeness (QED) is 0.830. The number of benzene rings is 1. The lowest BCUT2D eigenvalue weighted by molar-refractivity contribution is -0.117. The SMILES string of the molecule is CSCC[C@H](N)C(=O)Nc1ccc(N2CCN(C)CC2)cc1. The first kappa shape index (κ1) is 17.1. The monoisotopic (exact) mass is 322 g/mol. The van der Waals surface area contributed by atoms with Crippen LogP contribution < -0.4 is 16.0 Å². The van der Waals surface area contributed by atoms with Crippen LogP contribution in [0.4, 0.5) is 11.4 Å². The van der Waals surface area contributed by atoms with E-state index in [1.165, 1.54) is 5.69 Å². The highest BCUT2D eigenvalue weighted by Crippen LogP contribution is 2.19. The molecule has 1 aromatic rings. The van der Waals surface area contributed by atoms with Gasteiger partial charge >= 0.3 is 0 Å². The third-order valence-electron chi connectivity index (χ3n) is 3.97. The summed E-state index contributed by atoms with van der Waals surface area (Å²) in [5.41, 5.74) is 7.89. The smallest absolute Gasteiger partial charge is 0.241 e. The number of carbonyl (C=O) groups is 1. The van der Waals surface area contributed by atoms with Gasteiger partial charge in [0.25, 0.3) is 0 Å². The molecule has 0 aliphatic carbocycles. The first-order valence-corrected chi connectivity index (χ1v) is 9.08. The number of nitrogens with one attached hydrogen (secondary N) is 1. The van der Waals surface area contributed by atoms with Crippen molar-refractivity contribution in [2.75, 3.05) is 55.5 Å². The first-order chi connectivity index (χ1) is 10.6. The van der Waals surface area contributed by atoms with Crippen LogP contribution in [0.15, 0.2) is 24.3 Å². The van der Waals surface area contributed by atoms with Gasteiger partial charge < -0.3 is 20.9 Å². The van der Waals surface area contributed by atoms with Crippen molar-refractivity contribution in [3.8, 4) is 0 Å². The van der Waals surface area contributed by atoms with Gasteiger partial charge in [-0.15, -0.1) is 0 Å². The zero-order valence-corrected chi connectivity index (χ0v) is 14.2. The Kier molecular flexibility index (Phi) is 6.54. The number of piperazine rings is 1. The van der Waals surface area contributed by atoms with Gasteiger partial charge in [0.05, 0.1) is 6.04 Å². The van der Waals surface area contributed by atoms with Gasteiger partial charge in [-0.25, -0.2) is 0 Å². The zero-order valence-electron chi connectivity index (χ0n) is 13.4. The second-order valence-electron chi connectivity index (χ2n) is 5.71. The van der Waals surface area contributed by atoms with E-state index in [1.54, 1.807) is 11.8 Å². The van der Waals surface area contributed by atoms with E-state index >= 15 is 0 Å². The number of nitrogens with zero attached hydrogens (tertiary/aromatic N) is 2. The number of anilines is 2. The predicted molar refractivity (Wildman–Crippen MR) is 95.8 cm³/mol. The van der Waals surface area contributed by atoms with Crippen molar-refractivity contribution in [2.24, 2.45) is 5.73 Å². The van der Waals surface area contributed by atoms with Crippen molar-refractivity contribution < 1.29 is 4.79 Å². The maximum atomic E-state index is 12.0. The van der Waals surface area contributed by atoms with E-state index in [9.17, 15) is 4.79 Å². The van der Waals surface area contributed by atoms with Crippen LogP contribution in [0.1, 0.15) is 6.42 Å². The molecule has 6 heteroatoms. The van der Waals surface area contributed by atoms with Crippen molar-refractivity contribution in [1.29, 1.82) is 0 Å². The number of amides is 1. The Bertz CT molecular complexity index is 472. The normalized spacial score (nSPS) is 17.3. The van der Waals surface area contributed by atoms with Crippen molar-refractivity contribution in [2.45, 2.75) is 12.5 Å². The molecule has 5 nitrogen and oxygen atoms in total. The molecule has 0 radical (unpaired) electrons. The lowest BCUT2D eigenvalue weighted by Crippen LogP contribution is -2.44. The van der Waals surface area contributed by atoms with Gasteiger partial charge in [0, 0.05) is 37.6 Å². The van der Waals surface area contributed by atoms with Gasteiger partial charge in [0.1, 0.15) is 0 Å². The maximum Gasteiger partial charge on any atom is 0.241 e. The number of likely N-dealkylation sites (N-methyl/N-ethyl adjacent to an activating group) is 1. The standard InChI is InChI=1S/C16H26N4OS/c1-19-8-10-20(11-9-19)14-5-3-13(4-6-14)18-16(21)15(17)7-12-22-2/h3-6,15H,7-12,17H2,1-2H3,(H,18,21)/t15-/m0/s1. The number of hydrogen-bond donors (Lipinski definition) is 2. The average Bonchev–Trinajstić information content (AvgIpc) is 2.54. The Hall–Kier alpha value is -1.24. The Labute approximate surface area is 137 Å². The Morgan fingerprint density at radius 1 is 1.27 bits per heavy atom. The zero-order chi connectivity index (χ0) is 15.9. The molecule has 1 heterocycles. The number of thioether (sulfide) groups is 1. The maximum absolute atomic E-state index is 12.0. The molecule has 0 bridgehead atoms. The Balaban J connectivity index is 1.87. The Morgan fingerprint density at radius 3 is 2.50 bits per heavy atom. The van der Waals surface area contributed by atoms with Crippen LogP contribution >= 0.6 is 11.8 Å². The van der Waals surface area contributed by atoms with Gasteiger partial charge in [0.2, 0.25) is 5.91 Å². The number of nitrogens with two attached hydrogens (primary N) is 1. The lowest BCUT2D eigenvalue weighted by atomic mass is 10.2. The predicted octanol–water partition coefficient (Wildman–Crippen LogP) is 1.46. The molecule has 1 amide bonds. The fourth-order valence-corrected chi connectivity index (χ4v) is 2.92. The summed E-state index contributed by atoms with van der Waals surface area (Å²) in [4.78, 5) is 16.7. The van der Waals surface area contributed by atoms with Gasteiger partial charge in [-0.3, -0.25) is 4.79 Å². The van der Waals surface area contributed by atoms with E-state index in [0.717, 1.165) is 37.6 Å². The molecule has 1 atom stereocenters. The summed E-state index contributed by atoms with van der Waals surface area (Å²) < 4.78 is 0. The molecule has 2 rings (SSSR count). The van der Waals surface area contributed by atoms with E-state index in [-0.39, 0.29) is 5.91 Å². The van der Waals surface area contributed by atoms with E-state index in [2.05, 4.69) is 34.3 Å². The van der Waals surface area contributed by atoms with Gasteiger partial charge in [0.15, 0.2) is 0 Å². The molecule has 0 spiro atoms. The molecule has 1 aliphatic rings. The van der Waals surface area contributed by atoms with Crippen LogP contribution in [0, 0.1) is 0 Å². The van der Waals surface area contributed by atoms with E-state index in [1.807, 2.05) is 18.4 Å². The third kappa shape index (κ3) is 4.90. The average molecular weight is 322 g/mol. The van der Waals surface area contributed by atoms with Crippen molar-refractivity contribution in [3.05, 3.63) is 24.3 Å². The van der Waals surface area contributed by atoms with Crippen LogP contribution in [0.2, 0.25) is 0 Å². The highest BCUT2D eigenvalue weighted by molar-refractivity contribution is 7.98. The fourth-order valence-electron chi connectivity index (χ4n) is 2.43. The van der Waals surface area contributed by atoms with Crippen LogP contribution in [0.5, 0.6) is 0 Å². The van der Waals surface area contributed by atoms with Gasteiger partial charge in [-0.05, 0) is 49.7 Å². The summed E-state index contributed by atoms with van der Waals surface area (Å²) in [6.07, 6.45) is 2.72. The van der Waals surface area contributed by atoms with Gasteiger partial charge in [-0.1, -0.05) is 0 Å². The summed E-state index contributed by atoms with van der Waals surface area (Å²) in [5.74, 6) is 0.790. The molecule has 0 unspecified atom stereocenters. The minimum absolute atomic E-state index is 0.110. The van der Waals surface area contributed by atoms with Crippen molar-refractivity contribution in [1.82, 2.24) is 4.90 Å². The van der Waals surface area contributed by atoms with Crippen LogP contribution in [0.3, 0.4) is 0 Å². The number of carbonyl (C=O) groups excluding carboxylic acids is 1. The van der Waals surface area contributed by atoms with E-state index < -0.39 is 6.04 Å². The number of rotatable bonds is 6. The molecule has 1 aromatic carbocycles. The molecule has 0 aromatic heterocycles. The molecule has 0 saturated carbocycles. The van der Waals surface area contributed by atoms with E-state index in [4.69, 9.17) is 5.73 Å². The fraction of sp³-hybridized carbons (Fsp3) is 0.562. The summed E-state index contributed by atoms with van der Waals surface area (Å²) in [7, 11) is 2.15. The summed E-state index contributed by atoms with van der Waals surface area (Å²) in [6.45, 7) is 4.26. The topological polar surface area (TPSA) is 61.6 Å². The minimum atomic E-state index is -0.440. The molecule has 3 N–H and O–H groups in total. The van der Waals surface area contributed by atoms with Crippen LogP contribution in [-0.4, -0.2) is 62.1 Å². The summed E-state index contributed by atoms with van der Waals surface area (Å²) in [5, 5.41) is 2.89. The van der Waals surface area contributed by atoms with Gasteiger partial charge in [-0.2, -0.15) is 11.8 Å². The molecule has 1 aliphatic heterocycles. The third-order valence-corrected chi connectivity index (χ3v) is 4.62.